The SMILES string of the molecule is CC(CCl)=NN.NN=C(N)N.O=C(O)C(F)(F)F. The summed E-state index contributed by atoms with van der Waals surface area (Å²) in [5.41, 5.74) is 10.1. The van der Waals surface area contributed by atoms with Crippen molar-refractivity contribution in [3.8, 4) is 0 Å². The molecule has 0 aliphatic heterocycles. The number of nitrogens with zero attached hydrogens (tertiary/aromatic N) is 2. The van der Waals surface area contributed by atoms with Gasteiger partial charge in [0, 0.05) is 5.71 Å². The van der Waals surface area contributed by atoms with Crippen molar-refractivity contribution in [2.75, 3.05) is 5.88 Å². The van der Waals surface area contributed by atoms with E-state index < -0.39 is 12.1 Å². The summed E-state index contributed by atoms with van der Waals surface area (Å²) in [5.74, 6) is 6.87. The lowest BCUT2D eigenvalue weighted by atomic mass is 10.5. The number of carboxylic acids is 1. The molecule has 0 atom stereocenters. The zero-order chi connectivity index (χ0) is 15.4. The smallest absolute Gasteiger partial charge is 0.475 e. The summed E-state index contributed by atoms with van der Waals surface area (Å²) < 4.78 is 31.7. The van der Waals surface area contributed by atoms with E-state index in [0.29, 0.717) is 5.88 Å². The summed E-state index contributed by atoms with van der Waals surface area (Å²) in [7, 11) is 0. The van der Waals surface area contributed by atoms with E-state index in [1.54, 1.807) is 6.92 Å². The van der Waals surface area contributed by atoms with Gasteiger partial charge in [0.2, 0.25) is 5.96 Å². The van der Waals surface area contributed by atoms with Crippen molar-refractivity contribution in [1.82, 2.24) is 0 Å². The normalized spacial score (nSPS) is 10.2. The Hall–Kier alpha value is -1.91. The van der Waals surface area contributed by atoms with E-state index >= 15 is 0 Å². The van der Waals surface area contributed by atoms with Gasteiger partial charge in [0.1, 0.15) is 0 Å². The molecule has 0 aromatic heterocycles. The van der Waals surface area contributed by atoms with Gasteiger partial charge in [-0.2, -0.15) is 18.3 Å². The van der Waals surface area contributed by atoms with Crippen molar-refractivity contribution in [2.24, 2.45) is 33.4 Å². The van der Waals surface area contributed by atoms with Crippen molar-refractivity contribution in [1.29, 1.82) is 0 Å². The van der Waals surface area contributed by atoms with Crippen molar-refractivity contribution in [2.45, 2.75) is 13.1 Å². The molecule has 18 heavy (non-hydrogen) atoms. The van der Waals surface area contributed by atoms with Gasteiger partial charge in [-0.3, -0.25) is 0 Å². The monoisotopic (exact) mass is 294 g/mol. The maximum absolute atomic E-state index is 10.6. The van der Waals surface area contributed by atoms with Crippen LogP contribution in [0.1, 0.15) is 6.92 Å². The van der Waals surface area contributed by atoms with Gasteiger partial charge in [-0.1, -0.05) is 0 Å². The van der Waals surface area contributed by atoms with Gasteiger partial charge >= 0.3 is 12.1 Å². The minimum Gasteiger partial charge on any atom is -0.475 e. The third kappa shape index (κ3) is 23.7. The Labute approximate surface area is 105 Å². The molecule has 0 fully saturated rings. The maximum atomic E-state index is 10.6. The molecule has 108 valence electrons. The van der Waals surface area contributed by atoms with Crippen molar-refractivity contribution >= 4 is 29.2 Å². The zero-order valence-corrected chi connectivity index (χ0v) is 10.0. The number of hydrazone groups is 2. The first-order valence-electron chi connectivity index (χ1n) is 3.91. The van der Waals surface area contributed by atoms with Gasteiger partial charge in [-0.05, 0) is 6.92 Å². The van der Waals surface area contributed by atoms with Gasteiger partial charge in [-0.15, -0.1) is 16.7 Å². The van der Waals surface area contributed by atoms with E-state index in [1.807, 2.05) is 0 Å². The first kappa shape index (κ1) is 21.4. The molecule has 0 spiro atoms. The molecule has 0 radical (unpaired) electrons. The van der Waals surface area contributed by atoms with E-state index in [-0.39, 0.29) is 5.96 Å². The second-order valence-corrected chi connectivity index (χ2v) is 2.62. The summed E-state index contributed by atoms with van der Waals surface area (Å²) in [6, 6.07) is 0. The van der Waals surface area contributed by atoms with Crippen molar-refractivity contribution in [3.05, 3.63) is 0 Å². The largest absolute Gasteiger partial charge is 0.490 e. The maximum Gasteiger partial charge on any atom is 0.490 e. The van der Waals surface area contributed by atoms with Crippen LogP contribution in [0, 0.1) is 0 Å². The summed E-state index contributed by atoms with van der Waals surface area (Å²) in [6.45, 7) is 1.77. The number of hydrogen-bond acceptors (Lipinski definition) is 5. The highest BCUT2D eigenvalue weighted by Crippen LogP contribution is 2.13. The molecule has 0 aromatic carbocycles. The summed E-state index contributed by atoms with van der Waals surface area (Å²) in [5, 5.41) is 13.3. The van der Waals surface area contributed by atoms with E-state index in [0.717, 1.165) is 5.71 Å². The molecule has 0 heterocycles. The van der Waals surface area contributed by atoms with Crippen LogP contribution >= 0.6 is 11.6 Å². The van der Waals surface area contributed by atoms with Crippen LogP contribution in [0.4, 0.5) is 13.2 Å². The lowest BCUT2D eigenvalue weighted by Crippen LogP contribution is -2.23. The molecule has 0 rings (SSSR count). The number of halogens is 4. The van der Waals surface area contributed by atoms with Crippen LogP contribution in [0.3, 0.4) is 0 Å². The first-order valence-corrected chi connectivity index (χ1v) is 4.44. The molecule has 0 bridgehead atoms. The van der Waals surface area contributed by atoms with Crippen molar-refractivity contribution < 1.29 is 23.1 Å². The summed E-state index contributed by atoms with van der Waals surface area (Å²) in [6.07, 6.45) is -5.08. The molecular formula is C6H14ClF3N6O2. The highest BCUT2D eigenvalue weighted by molar-refractivity contribution is 6.28. The van der Waals surface area contributed by atoms with Crippen LogP contribution in [0.25, 0.3) is 0 Å². The summed E-state index contributed by atoms with van der Waals surface area (Å²) in [4.78, 5) is 8.90. The van der Waals surface area contributed by atoms with Crippen LogP contribution in [-0.2, 0) is 4.79 Å². The Bertz CT molecular complexity index is 290. The lowest BCUT2D eigenvalue weighted by molar-refractivity contribution is -0.192. The summed E-state index contributed by atoms with van der Waals surface area (Å²) >= 11 is 5.24. The van der Waals surface area contributed by atoms with Gasteiger partial charge in [0.15, 0.2) is 0 Å². The number of carboxylic acid groups (broad SMARTS) is 1. The number of nitrogens with two attached hydrogens (primary N) is 4. The highest BCUT2D eigenvalue weighted by Gasteiger charge is 2.38. The molecule has 8 nitrogen and oxygen atoms in total. The Morgan fingerprint density at radius 3 is 1.56 bits per heavy atom. The van der Waals surface area contributed by atoms with E-state index in [9.17, 15) is 13.2 Å². The molecule has 0 amide bonds. The van der Waals surface area contributed by atoms with Crippen LogP contribution in [-0.4, -0.2) is 34.8 Å². The number of hydrogen-bond donors (Lipinski definition) is 5. The average molecular weight is 295 g/mol. The minimum atomic E-state index is -5.08. The van der Waals surface area contributed by atoms with E-state index in [4.69, 9.17) is 38.8 Å². The molecule has 0 unspecified atom stereocenters. The third-order valence-electron chi connectivity index (χ3n) is 0.805. The fourth-order valence-electron chi connectivity index (χ4n) is 0.0345. The van der Waals surface area contributed by atoms with Gasteiger partial charge < -0.3 is 28.3 Å². The molecule has 0 saturated carbocycles. The average Bonchev–Trinajstić information content (AvgIpc) is 2.28. The Kier molecular flexibility index (Phi) is 13.7. The Morgan fingerprint density at radius 1 is 1.28 bits per heavy atom. The predicted octanol–water partition coefficient (Wildman–Crippen LogP) is -0.673. The second-order valence-electron chi connectivity index (χ2n) is 2.35. The van der Waals surface area contributed by atoms with Crippen LogP contribution in [0.15, 0.2) is 10.2 Å². The Balaban J connectivity index is -0.000000190. The van der Waals surface area contributed by atoms with Crippen LogP contribution in [0.2, 0.25) is 0 Å². The standard InChI is InChI=1S/C3H7ClN2.C2HF3O2.CH6N4/c1-3(2-4)6-5;3-2(4,5)1(6)7;2-1(3)5-4/h2,5H2,1H3;(H,6,7);4H2,(H4,2,3,5). The molecule has 9 N–H and O–H groups in total. The van der Waals surface area contributed by atoms with Crippen LogP contribution in [0.5, 0.6) is 0 Å². The minimum absolute atomic E-state index is 0.0926. The van der Waals surface area contributed by atoms with Crippen molar-refractivity contribution in [3.63, 3.8) is 0 Å². The third-order valence-corrected chi connectivity index (χ3v) is 1.19. The number of guanidine groups is 1. The molecule has 0 saturated heterocycles. The quantitative estimate of drug-likeness (QED) is 0.141. The first-order chi connectivity index (χ1) is 8.02. The van der Waals surface area contributed by atoms with Gasteiger partial charge in [-0.25, -0.2) is 4.79 Å². The molecule has 12 heteroatoms. The fraction of sp³-hybridized carbons (Fsp3) is 0.500. The second kappa shape index (κ2) is 11.6. The number of alkyl halides is 4. The Morgan fingerprint density at radius 2 is 1.56 bits per heavy atom. The fourth-order valence-corrected chi connectivity index (χ4v) is 0.104. The van der Waals surface area contributed by atoms with Crippen LogP contribution < -0.4 is 23.2 Å². The number of rotatable bonds is 1. The predicted molar refractivity (Wildman–Crippen MR) is 61.7 cm³/mol. The van der Waals surface area contributed by atoms with Gasteiger partial charge in [0.25, 0.3) is 0 Å². The topological polar surface area (TPSA) is 166 Å². The van der Waals surface area contributed by atoms with Gasteiger partial charge in [0.05, 0.1) is 5.88 Å². The number of carbonyl (C=O) groups is 1. The molecule has 0 aliphatic rings. The highest BCUT2D eigenvalue weighted by atomic mass is 35.5. The molecule has 0 aliphatic carbocycles. The zero-order valence-electron chi connectivity index (χ0n) is 9.28. The number of aliphatic carboxylic acids is 1. The van der Waals surface area contributed by atoms with E-state index in [2.05, 4.69) is 16.0 Å². The lowest BCUT2D eigenvalue weighted by Gasteiger charge is -1.93. The molecule has 0 aromatic rings. The van der Waals surface area contributed by atoms with E-state index in [1.165, 1.54) is 0 Å². The molecular weight excluding hydrogens is 281 g/mol.